The topological polar surface area (TPSA) is 71.2 Å². The van der Waals surface area contributed by atoms with Crippen molar-refractivity contribution < 1.29 is 9.18 Å². The van der Waals surface area contributed by atoms with Crippen LogP contribution >= 0.6 is 0 Å². The number of carbonyl (C=O) groups excluding carboxylic acids is 1. The lowest BCUT2D eigenvalue weighted by Crippen LogP contribution is -2.29. The predicted molar refractivity (Wildman–Crippen MR) is 73.8 cm³/mol. The van der Waals surface area contributed by atoms with E-state index in [4.69, 9.17) is 5.84 Å². The van der Waals surface area contributed by atoms with Gasteiger partial charge in [-0.05, 0) is 36.2 Å². The fraction of sp³-hybridized carbons (Fsp3) is 0.143. The van der Waals surface area contributed by atoms with Gasteiger partial charge in [-0.1, -0.05) is 6.07 Å². The Bertz CT molecular complexity index is 674. The number of aromatic nitrogens is 1. The maximum Gasteiger partial charge on any atom is 0.258 e. The summed E-state index contributed by atoms with van der Waals surface area (Å²) in [5.74, 6) is 5.16. The molecule has 0 atom stereocenters. The van der Waals surface area contributed by atoms with Gasteiger partial charge in [-0.25, -0.2) is 15.2 Å². The van der Waals surface area contributed by atoms with Crippen LogP contribution in [0.1, 0.15) is 15.9 Å². The maximum absolute atomic E-state index is 13.3. The standard InChI is InChI=1S/C14H13FN4O/c15-11-2-1-9-4-6-19(12(9)8-11)14(20)10-3-5-17-13(7-10)18-16/h1-3,5,7-8H,4,6,16H2,(H,17,18). The number of fused-ring (bicyclic) bond motifs is 1. The molecular weight excluding hydrogens is 259 g/mol. The van der Waals surface area contributed by atoms with Crippen molar-refractivity contribution in [1.82, 2.24) is 4.98 Å². The third kappa shape index (κ3) is 2.10. The minimum Gasteiger partial charge on any atom is -0.308 e. The molecule has 0 aliphatic carbocycles. The number of anilines is 2. The second kappa shape index (κ2) is 4.90. The molecule has 0 fully saturated rings. The lowest BCUT2D eigenvalue weighted by atomic mass is 10.1. The van der Waals surface area contributed by atoms with Gasteiger partial charge in [-0.3, -0.25) is 4.79 Å². The summed E-state index contributed by atoms with van der Waals surface area (Å²) in [6, 6.07) is 7.71. The number of rotatable bonds is 2. The molecule has 1 aliphatic heterocycles. The molecule has 5 nitrogen and oxygen atoms in total. The number of hydrazine groups is 1. The highest BCUT2D eigenvalue weighted by molar-refractivity contribution is 6.07. The van der Waals surface area contributed by atoms with Gasteiger partial charge in [-0.2, -0.15) is 0 Å². The second-order valence-corrected chi connectivity index (χ2v) is 4.55. The Labute approximate surface area is 115 Å². The van der Waals surface area contributed by atoms with Crippen molar-refractivity contribution in [3.63, 3.8) is 0 Å². The summed E-state index contributed by atoms with van der Waals surface area (Å²) >= 11 is 0. The van der Waals surface area contributed by atoms with E-state index in [0.29, 0.717) is 23.6 Å². The van der Waals surface area contributed by atoms with E-state index < -0.39 is 0 Å². The molecule has 0 unspecified atom stereocenters. The largest absolute Gasteiger partial charge is 0.308 e. The van der Waals surface area contributed by atoms with Gasteiger partial charge in [0, 0.05) is 18.3 Å². The van der Waals surface area contributed by atoms with E-state index in [1.165, 1.54) is 18.3 Å². The first-order chi connectivity index (χ1) is 9.69. The molecule has 1 aromatic heterocycles. The van der Waals surface area contributed by atoms with Crippen LogP contribution in [-0.2, 0) is 6.42 Å². The maximum atomic E-state index is 13.3. The highest BCUT2D eigenvalue weighted by Gasteiger charge is 2.26. The number of nitrogens with zero attached hydrogens (tertiary/aromatic N) is 2. The number of pyridine rings is 1. The van der Waals surface area contributed by atoms with Gasteiger partial charge in [0.25, 0.3) is 5.91 Å². The molecule has 1 aliphatic rings. The smallest absolute Gasteiger partial charge is 0.258 e. The SMILES string of the molecule is NNc1cc(C(=O)N2CCc3ccc(F)cc32)ccn1. The molecule has 20 heavy (non-hydrogen) atoms. The Morgan fingerprint density at radius 3 is 3.00 bits per heavy atom. The van der Waals surface area contributed by atoms with Crippen LogP contribution in [0.2, 0.25) is 0 Å². The molecule has 2 heterocycles. The quantitative estimate of drug-likeness (QED) is 0.645. The molecule has 1 amide bonds. The first-order valence-electron chi connectivity index (χ1n) is 6.22. The number of hydrogen-bond donors (Lipinski definition) is 2. The van der Waals surface area contributed by atoms with E-state index in [0.717, 1.165) is 12.0 Å². The van der Waals surface area contributed by atoms with Crippen molar-refractivity contribution in [2.24, 2.45) is 5.84 Å². The van der Waals surface area contributed by atoms with E-state index in [9.17, 15) is 9.18 Å². The summed E-state index contributed by atoms with van der Waals surface area (Å²) in [6.07, 6.45) is 2.24. The molecule has 6 heteroatoms. The van der Waals surface area contributed by atoms with Crippen LogP contribution in [0, 0.1) is 5.82 Å². The highest BCUT2D eigenvalue weighted by atomic mass is 19.1. The summed E-state index contributed by atoms with van der Waals surface area (Å²) in [6.45, 7) is 0.547. The molecule has 3 N–H and O–H groups in total. The van der Waals surface area contributed by atoms with Gasteiger partial charge in [0.15, 0.2) is 0 Å². The van der Waals surface area contributed by atoms with Gasteiger partial charge in [0.2, 0.25) is 0 Å². The number of nitrogen functional groups attached to an aromatic ring is 1. The first kappa shape index (κ1) is 12.6. The van der Waals surface area contributed by atoms with Gasteiger partial charge in [0.05, 0.1) is 5.69 Å². The average molecular weight is 272 g/mol. The van der Waals surface area contributed by atoms with E-state index in [1.807, 2.05) is 0 Å². The molecule has 0 saturated heterocycles. The first-order valence-corrected chi connectivity index (χ1v) is 6.22. The van der Waals surface area contributed by atoms with Crippen LogP contribution in [0.25, 0.3) is 0 Å². The number of benzene rings is 1. The molecule has 102 valence electrons. The monoisotopic (exact) mass is 272 g/mol. The molecule has 0 radical (unpaired) electrons. The number of nitrogens with one attached hydrogen (secondary N) is 1. The molecule has 0 spiro atoms. The van der Waals surface area contributed by atoms with E-state index in [2.05, 4.69) is 10.4 Å². The Kier molecular flexibility index (Phi) is 3.08. The Balaban J connectivity index is 1.95. The van der Waals surface area contributed by atoms with Crippen molar-refractivity contribution >= 4 is 17.4 Å². The zero-order valence-electron chi connectivity index (χ0n) is 10.6. The number of amides is 1. The van der Waals surface area contributed by atoms with Crippen molar-refractivity contribution in [2.45, 2.75) is 6.42 Å². The summed E-state index contributed by atoms with van der Waals surface area (Å²) in [5.41, 5.74) is 4.47. The zero-order valence-corrected chi connectivity index (χ0v) is 10.6. The third-order valence-corrected chi connectivity index (χ3v) is 3.34. The van der Waals surface area contributed by atoms with Crippen molar-refractivity contribution in [3.05, 3.63) is 53.5 Å². The zero-order chi connectivity index (χ0) is 14.1. The summed E-state index contributed by atoms with van der Waals surface area (Å²) in [7, 11) is 0. The lowest BCUT2D eigenvalue weighted by molar-refractivity contribution is 0.0989. The summed E-state index contributed by atoms with van der Waals surface area (Å²) in [5, 5.41) is 0. The van der Waals surface area contributed by atoms with Crippen LogP contribution in [-0.4, -0.2) is 17.4 Å². The van der Waals surface area contributed by atoms with Gasteiger partial charge in [-0.15, -0.1) is 0 Å². The Morgan fingerprint density at radius 1 is 1.35 bits per heavy atom. The van der Waals surface area contributed by atoms with Crippen molar-refractivity contribution in [1.29, 1.82) is 0 Å². The van der Waals surface area contributed by atoms with Gasteiger partial charge < -0.3 is 10.3 Å². The Morgan fingerprint density at radius 2 is 2.20 bits per heavy atom. The van der Waals surface area contributed by atoms with Crippen LogP contribution in [0.15, 0.2) is 36.5 Å². The van der Waals surface area contributed by atoms with Crippen LogP contribution in [0.5, 0.6) is 0 Å². The molecule has 1 aromatic carbocycles. The molecular formula is C14H13FN4O. The van der Waals surface area contributed by atoms with Crippen molar-refractivity contribution in [2.75, 3.05) is 16.9 Å². The lowest BCUT2D eigenvalue weighted by Gasteiger charge is -2.17. The fourth-order valence-electron chi connectivity index (χ4n) is 2.36. The van der Waals surface area contributed by atoms with E-state index >= 15 is 0 Å². The molecule has 3 rings (SSSR count). The second-order valence-electron chi connectivity index (χ2n) is 4.55. The molecule has 0 bridgehead atoms. The summed E-state index contributed by atoms with van der Waals surface area (Å²) in [4.78, 5) is 18.0. The normalized spacial score (nSPS) is 13.2. The van der Waals surface area contributed by atoms with Gasteiger partial charge >= 0.3 is 0 Å². The molecule has 2 aromatic rings. The molecule has 0 saturated carbocycles. The van der Waals surface area contributed by atoms with Crippen LogP contribution in [0.4, 0.5) is 15.9 Å². The van der Waals surface area contributed by atoms with Crippen molar-refractivity contribution in [3.8, 4) is 0 Å². The minimum absolute atomic E-state index is 0.187. The predicted octanol–water partition coefficient (Wildman–Crippen LogP) is 1.71. The van der Waals surface area contributed by atoms with Crippen LogP contribution < -0.4 is 16.2 Å². The number of carbonyl (C=O) groups is 1. The third-order valence-electron chi connectivity index (χ3n) is 3.34. The van der Waals surface area contributed by atoms with Gasteiger partial charge in [0.1, 0.15) is 11.6 Å². The Hall–Kier alpha value is -2.47. The number of halogens is 1. The van der Waals surface area contributed by atoms with Crippen LogP contribution in [0.3, 0.4) is 0 Å². The van der Waals surface area contributed by atoms with E-state index in [1.54, 1.807) is 23.1 Å². The number of hydrogen-bond acceptors (Lipinski definition) is 4. The highest BCUT2D eigenvalue weighted by Crippen LogP contribution is 2.30. The minimum atomic E-state index is -0.345. The number of nitrogens with two attached hydrogens (primary N) is 1. The van der Waals surface area contributed by atoms with E-state index in [-0.39, 0.29) is 11.7 Å². The fourth-order valence-corrected chi connectivity index (χ4v) is 2.36. The summed E-state index contributed by atoms with van der Waals surface area (Å²) < 4.78 is 13.3. The average Bonchev–Trinajstić information content (AvgIpc) is 2.89.